The highest BCUT2D eigenvalue weighted by atomic mass is 32.2. The molecule has 3 N–H and O–H groups in total. The van der Waals surface area contributed by atoms with Gasteiger partial charge in [-0.25, -0.2) is 15.8 Å². The van der Waals surface area contributed by atoms with Crippen LogP contribution in [-0.4, -0.2) is 9.97 Å². The Morgan fingerprint density at radius 1 is 1.33 bits per heavy atom. The van der Waals surface area contributed by atoms with Crippen LogP contribution in [0.25, 0.3) is 10.2 Å². The molecule has 0 saturated heterocycles. The molecule has 0 aromatic carbocycles. The molecule has 0 unspecified atom stereocenters. The van der Waals surface area contributed by atoms with Crippen LogP contribution in [-0.2, 0) is 5.75 Å². The first-order valence-electron chi connectivity index (χ1n) is 6.50. The lowest BCUT2D eigenvalue weighted by atomic mass is 10.2. The van der Waals surface area contributed by atoms with Crippen LogP contribution in [0.1, 0.15) is 22.0 Å². The van der Waals surface area contributed by atoms with Gasteiger partial charge in [0.15, 0.2) is 5.82 Å². The number of anilines is 1. The Morgan fingerprint density at radius 2 is 2.14 bits per heavy atom. The van der Waals surface area contributed by atoms with Gasteiger partial charge in [0.25, 0.3) is 0 Å². The minimum Gasteiger partial charge on any atom is -0.468 e. The SMILES string of the molecule is Cc1occc1SCc1nc(NN)c2c(C)c(C)sc2n1. The van der Waals surface area contributed by atoms with Crippen molar-refractivity contribution < 1.29 is 4.42 Å². The molecule has 0 aliphatic rings. The maximum absolute atomic E-state index is 5.62. The molecule has 0 radical (unpaired) electrons. The van der Waals surface area contributed by atoms with E-state index in [1.54, 1.807) is 29.4 Å². The topological polar surface area (TPSA) is 77.0 Å². The van der Waals surface area contributed by atoms with Gasteiger partial charge in [-0.15, -0.1) is 23.1 Å². The van der Waals surface area contributed by atoms with E-state index in [2.05, 4.69) is 29.2 Å². The number of nitrogens with one attached hydrogen (secondary N) is 1. The zero-order valence-corrected chi connectivity index (χ0v) is 13.7. The van der Waals surface area contributed by atoms with Crippen molar-refractivity contribution in [1.29, 1.82) is 0 Å². The predicted octanol–water partition coefficient (Wildman–Crippen LogP) is 3.79. The number of hydrogen-bond donors (Lipinski definition) is 2. The summed E-state index contributed by atoms with van der Waals surface area (Å²) in [4.78, 5) is 12.5. The van der Waals surface area contributed by atoms with Gasteiger partial charge < -0.3 is 9.84 Å². The van der Waals surface area contributed by atoms with E-state index in [0.717, 1.165) is 26.7 Å². The van der Waals surface area contributed by atoms with Gasteiger partial charge >= 0.3 is 0 Å². The summed E-state index contributed by atoms with van der Waals surface area (Å²) < 4.78 is 5.30. The predicted molar refractivity (Wildman–Crippen MR) is 87.7 cm³/mol. The molecule has 0 aliphatic carbocycles. The summed E-state index contributed by atoms with van der Waals surface area (Å²) in [6.45, 7) is 6.11. The number of thiophene rings is 1. The van der Waals surface area contributed by atoms with Crippen molar-refractivity contribution in [2.75, 3.05) is 5.43 Å². The third kappa shape index (κ3) is 2.64. The first-order valence-corrected chi connectivity index (χ1v) is 8.30. The summed E-state index contributed by atoms with van der Waals surface area (Å²) >= 11 is 3.34. The second-order valence-corrected chi connectivity index (χ2v) is 6.95. The molecule has 0 spiro atoms. The van der Waals surface area contributed by atoms with Crippen LogP contribution >= 0.6 is 23.1 Å². The van der Waals surface area contributed by atoms with Gasteiger partial charge in [0.2, 0.25) is 0 Å². The van der Waals surface area contributed by atoms with Gasteiger partial charge in [0, 0.05) is 9.77 Å². The number of hydrogen-bond acceptors (Lipinski definition) is 7. The van der Waals surface area contributed by atoms with Crippen LogP contribution in [0.5, 0.6) is 0 Å². The molecule has 0 aliphatic heterocycles. The second-order valence-electron chi connectivity index (χ2n) is 4.73. The minimum absolute atomic E-state index is 0.682. The van der Waals surface area contributed by atoms with E-state index in [1.807, 2.05) is 13.0 Å². The number of nitrogens with zero attached hydrogens (tertiary/aromatic N) is 2. The van der Waals surface area contributed by atoms with Crippen molar-refractivity contribution >= 4 is 39.1 Å². The molecule has 7 heteroatoms. The standard InChI is InChI=1S/C14H16N4OS2/c1-7-9(3)21-14-12(7)13(18-15)16-11(17-14)6-20-10-4-5-19-8(10)2/h4-5H,6,15H2,1-3H3,(H,16,17,18). The second kappa shape index (κ2) is 5.67. The van der Waals surface area contributed by atoms with E-state index in [-0.39, 0.29) is 0 Å². The number of hydrazine groups is 1. The van der Waals surface area contributed by atoms with Crippen molar-refractivity contribution in [2.24, 2.45) is 5.84 Å². The molecule has 0 saturated carbocycles. The highest BCUT2D eigenvalue weighted by molar-refractivity contribution is 7.98. The van der Waals surface area contributed by atoms with Crippen molar-refractivity contribution in [1.82, 2.24) is 9.97 Å². The lowest BCUT2D eigenvalue weighted by Gasteiger charge is -2.06. The summed E-state index contributed by atoms with van der Waals surface area (Å²) in [5.74, 6) is 8.68. The summed E-state index contributed by atoms with van der Waals surface area (Å²) in [6, 6.07) is 1.96. The molecule has 5 nitrogen and oxygen atoms in total. The Kier molecular flexibility index (Phi) is 3.88. The molecule has 0 atom stereocenters. The zero-order valence-electron chi connectivity index (χ0n) is 12.1. The van der Waals surface area contributed by atoms with Crippen molar-refractivity contribution in [3.8, 4) is 0 Å². The van der Waals surface area contributed by atoms with Crippen LogP contribution in [0.3, 0.4) is 0 Å². The summed E-state index contributed by atoms with van der Waals surface area (Å²) in [7, 11) is 0. The van der Waals surface area contributed by atoms with Crippen molar-refractivity contribution in [3.05, 3.63) is 34.4 Å². The van der Waals surface area contributed by atoms with E-state index in [1.165, 1.54) is 10.4 Å². The molecule has 110 valence electrons. The fourth-order valence-electron chi connectivity index (χ4n) is 2.13. The van der Waals surface area contributed by atoms with Gasteiger partial charge in [0.05, 0.1) is 17.4 Å². The minimum atomic E-state index is 0.682. The van der Waals surface area contributed by atoms with Crippen molar-refractivity contribution in [2.45, 2.75) is 31.4 Å². The van der Waals surface area contributed by atoms with Crippen LogP contribution < -0.4 is 11.3 Å². The monoisotopic (exact) mass is 320 g/mol. The Bertz CT molecular complexity index is 794. The molecule has 3 aromatic rings. The highest BCUT2D eigenvalue weighted by Gasteiger charge is 2.14. The number of aryl methyl sites for hydroxylation is 3. The molecular formula is C14H16N4OS2. The highest BCUT2D eigenvalue weighted by Crippen LogP contribution is 2.34. The van der Waals surface area contributed by atoms with Crippen LogP contribution in [0.15, 0.2) is 21.6 Å². The number of nitrogen functional groups attached to an aromatic ring is 1. The first kappa shape index (κ1) is 14.4. The van der Waals surface area contributed by atoms with E-state index >= 15 is 0 Å². The molecule has 3 aromatic heterocycles. The number of nitrogens with two attached hydrogens (primary N) is 1. The number of fused-ring (bicyclic) bond motifs is 1. The Hall–Kier alpha value is -1.57. The third-order valence-corrected chi connectivity index (χ3v) is 5.62. The lowest BCUT2D eigenvalue weighted by molar-refractivity contribution is 0.527. The molecule has 3 rings (SSSR count). The molecular weight excluding hydrogens is 304 g/mol. The van der Waals surface area contributed by atoms with E-state index in [4.69, 9.17) is 10.3 Å². The number of rotatable bonds is 4. The van der Waals surface area contributed by atoms with Gasteiger partial charge in [-0.2, -0.15) is 0 Å². The lowest BCUT2D eigenvalue weighted by Crippen LogP contribution is -2.10. The third-order valence-electron chi connectivity index (χ3n) is 3.38. The van der Waals surface area contributed by atoms with Crippen molar-refractivity contribution in [3.63, 3.8) is 0 Å². The van der Waals surface area contributed by atoms with Gasteiger partial charge in [-0.3, -0.25) is 0 Å². The average Bonchev–Trinajstić information content (AvgIpc) is 3.00. The molecule has 0 bridgehead atoms. The maximum Gasteiger partial charge on any atom is 0.152 e. The van der Waals surface area contributed by atoms with Crippen LogP contribution in [0, 0.1) is 20.8 Å². The van der Waals surface area contributed by atoms with Gasteiger partial charge in [0.1, 0.15) is 16.4 Å². The number of thioether (sulfide) groups is 1. The summed E-state index contributed by atoms with van der Waals surface area (Å²) in [5.41, 5.74) is 3.88. The Balaban J connectivity index is 1.94. The Morgan fingerprint density at radius 3 is 2.81 bits per heavy atom. The molecule has 0 amide bonds. The van der Waals surface area contributed by atoms with Gasteiger partial charge in [-0.1, -0.05) is 0 Å². The fourth-order valence-corrected chi connectivity index (χ4v) is 3.99. The summed E-state index contributed by atoms with van der Waals surface area (Å²) in [6.07, 6.45) is 1.70. The van der Waals surface area contributed by atoms with E-state index in [0.29, 0.717) is 11.6 Å². The quantitative estimate of drug-likeness (QED) is 0.433. The number of furan rings is 1. The first-order chi connectivity index (χ1) is 10.1. The number of aromatic nitrogens is 2. The fraction of sp³-hybridized carbons (Fsp3) is 0.286. The molecule has 0 fully saturated rings. The average molecular weight is 320 g/mol. The Labute approximate surface area is 130 Å². The zero-order chi connectivity index (χ0) is 15.0. The summed E-state index contributed by atoms with van der Waals surface area (Å²) in [5, 5.41) is 1.02. The largest absolute Gasteiger partial charge is 0.468 e. The smallest absolute Gasteiger partial charge is 0.152 e. The molecule has 3 heterocycles. The van der Waals surface area contributed by atoms with Crippen LogP contribution in [0.2, 0.25) is 0 Å². The van der Waals surface area contributed by atoms with E-state index in [9.17, 15) is 0 Å². The van der Waals surface area contributed by atoms with E-state index < -0.39 is 0 Å². The molecule has 21 heavy (non-hydrogen) atoms. The van der Waals surface area contributed by atoms with Crippen LogP contribution in [0.4, 0.5) is 5.82 Å². The maximum atomic E-state index is 5.62. The normalized spacial score (nSPS) is 11.2. The van der Waals surface area contributed by atoms with Gasteiger partial charge in [-0.05, 0) is 32.4 Å².